The monoisotopic (exact) mass is 129 g/mol. The van der Waals surface area contributed by atoms with Gasteiger partial charge in [-0.2, -0.15) is 0 Å². The second-order valence-corrected chi connectivity index (χ2v) is 1.65. The molecule has 2 heteroatoms. The van der Waals surface area contributed by atoms with Gasteiger partial charge in [0, 0.05) is 13.2 Å². The number of ether oxygens (including phenoxy) is 1. The van der Waals surface area contributed by atoms with E-state index >= 15 is 0 Å². The van der Waals surface area contributed by atoms with Crippen LogP contribution in [0.5, 0.6) is 0 Å². The van der Waals surface area contributed by atoms with E-state index in [0.717, 1.165) is 19.8 Å². The summed E-state index contributed by atoms with van der Waals surface area (Å²) in [6.45, 7) is 6.47. The average molecular weight is 129 g/mol. The van der Waals surface area contributed by atoms with Crippen LogP contribution in [0.25, 0.3) is 0 Å². The lowest BCUT2D eigenvalue weighted by Crippen LogP contribution is -2.13. The molecule has 0 spiro atoms. The predicted molar refractivity (Wildman–Crippen MR) is 39.3 cm³/mol. The van der Waals surface area contributed by atoms with Gasteiger partial charge in [0.05, 0.1) is 6.61 Å². The van der Waals surface area contributed by atoms with Gasteiger partial charge in [0.25, 0.3) is 0 Å². The molecule has 0 rings (SSSR count). The summed E-state index contributed by atoms with van der Waals surface area (Å²) >= 11 is 0. The van der Waals surface area contributed by atoms with E-state index in [-0.39, 0.29) is 0 Å². The van der Waals surface area contributed by atoms with Crippen LogP contribution in [0.3, 0.4) is 0 Å². The lowest BCUT2D eigenvalue weighted by molar-refractivity contribution is 0.151. The zero-order valence-corrected chi connectivity index (χ0v) is 6.18. The van der Waals surface area contributed by atoms with Crippen LogP contribution < -0.4 is 5.32 Å². The first kappa shape index (κ1) is 8.50. The second kappa shape index (κ2) is 7.50. The number of nitrogens with one attached hydrogen (secondary N) is 1. The lowest BCUT2D eigenvalue weighted by atomic mass is 10.6. The quantitative estimate of drug-likeness (QED) is 0.562. The normalized spacial score (nSPS) is 10.4. The first-order valence-corrected chi connectivity index (χ1v) is 3.34. The fraction of sp³-hybridized carbons (Fsp3) is 0.714. The Morgan fingerprint density at radius 1 is 1.56 bits per heavy atom. The van der Waals surface area contributed by atoms with Gasteiger partial charge in [-0.15, -0.1) is 0 Å². The van der Waals surface area contributed by atoms with Crippen LogP contribution in [0, 0.1) is 0 Å². The fourth-order valence-electron chi connectivity index (χ4n) is 0.477. The Kier molecular flexibility index (Phi) is 7.08. The summed E-state index contributed by atoms with van der Waals surface area (Å²) < 4.78 is 5.08. The molecule has 0 unspecified atom stereocenters. The van der Waals surface area contributed by atoms with E-state index in [0.29, 0.717) is 0 Å². The maximum absolute atomic E-state index is 5.08. The Morgan fingerprint density at radius 3 is 2.89 bits per heavy atom. The second-order valence-electron chi connectivity index (χ2n) is 1.65. The molecule has 0 bridgehead atoms. The summed E-state index contributed by atoms with van der Waals surface area (Å²) in [5, 5.41) is 3.06. The topological polar surface area (TPSA) is 21.3 Å². The summed E-state index contributed by atoms with van der Waals surface area (Å²) in [5.41, 5.74) is 0. The highest BCUT2D eigenvalue weighted by Gasteiger charge is 1.78. The minimum Gasteiger partial charge on any atom is -0.389 e. The first-order valence-electron chi connectivity index (χ1n) is 3.34. The molecule has 0 aliphatic heterocycles. The summed E-state index contributed by atoms with van der Waals surface area (Å²) in [6.07, 6.45) is 3.88. The molecule has 0 aliphatic carbocycles. The standard InChI is InChI=1S/C7H15NO/c1-3-5-8-6-7-9-4-2/h3,5,8H,4,6-7H2,1-2H3/b5-3+. The molecule has 0 aromatic carbocycles. The van der Waals surface area contributed by atoms with E-state index in [1.807, 2.05) is 26.1 Å². The first-order chi connectivity index (χ1) is 4.41. The van der Waals surface area contributed by atoms with Gasteiger partial charge in [-0.25, -0.2) is 0 Å². The molecule has 0 heterocycles. The molecule has 0 amide bonds. The van der Waals surface area contributed by atoms with Crippen LogP contribution in [0.2, 0.25) is 0 Å². The van der Waals surface area contributed by atoms with Gasteiger partial charge in [0.2, 0.25) is 0 Å². The van der Waals surface area contributed by atoms with Gasteiger partial charge in [-0.1, -0.05) is 6.08 Å². The summed E-state index contributed by atoms with van der Waals surface area (Å²) in [6, 6.07) is 0. The molecule has 2 nitrogen and oxygen atoms in total. The minimum atomic E-state index is 0.792. The third kappa shape index (κ3) is 7.50. The maximum Gasteiger partial charge on any atom is 0.0638 e. The van der Waals surface area contributed by atoms with E-state index < -0.39 is 0 Å². The zero-order valence-electron chi connectivity index (χ0n) is 6.18. The third-order valence-electron chi connectivity index (χ3n) is 0.879. The van der Waals surface area contributed by atoms with Crippen molar-refractivity contribution in [2.24, 2.45) is 0 Å². The Bertz CT molecular complexity index is 71.3. The summed E-state index contributed by atoms with van der Waals surface area (Å²) in [7, 11) is 0. The van der Waals surface area contributed by atoms with Crippen molar-refractivity contribution in [2.75, 3.05) is 19.8 Å². The minimum absolute atomic E-state index is 0.792. The summed E-state index contributed by atoms with van der Waals surface area (Å²) in [4.78, 5) is 0. The fourth-order valence-corrected chi connectivity index (χ4v) is 0.477. The average Bonchev–Trinajstić information content (AvgIpc) is 1.89. The molecule has 0 aromatic heterocycles. The van der Waals surface area contributed by atoms with E-state index in [1.54, 1.807) is 0 Å². The van der Waals surface area contributed by atoms with Gasteiger partial charge in [-0.3, -0.25) is 0 Å². The van der Waals surface area contributed by atoms with E-state index in [1.165, 1.54) is 0 Å². The molecule has 0 fully saturated rings. The van der Waals surface area contributed by atoms with Gasteiger partial charge in [0.15, 0.2) is 0 Å². The van der Waals surface area contributed by atoms with Crippen LogP contribution in [0.1, 0.15) is 13.8 Å². The highest BCUT2D eigenvalue weighted by Crippen LogP contribution is 1.70. The van der Waals surface area contributed by atoms with Crippen LogP contribution in [-0.2, 0) is 4.74 Å². The lowest BCUT2D eigenvalue weighted by Gasteiger charge is -1.99. The van der Waals surface area contributed by atoms with Crippen LogP contribution >= 0.6 is 0 Å². The number of hydrogen-bond acceptors (Lipinski definition) is 2. The van der Waals surface area contributed by atoms with Gasteiger partial charge >= 0.3 is 0 Å². The van der Waals surface area contributed by atoms with Crippen LogP contribution in [-0.4, -0.2) is 19.8 Å². The molecular weight excluding hydrogens is 114 g/mol. The van der Waals surface area contributed by atoms with Crippen molar-refractivity contribution in [1.29, 1.82) is 0 Å². The molecule has 0 saturated heterocycles. The smallest absolute Gasteiger partial charge is 0.0638 e. The Morgan fingerprint density at radius 2 is 2.33 bits per heavy atom. The van der Waals surface area contributed by atoms with Gasteiger partial charge in [-0.05, 0) is 20.0 Å². The van der Waals surface area contributed by atoms with E-state index in [4.69, 9.17) is 4.74 Å². The zero-order chi connectivity index (χ0) is 6.95. The van der Waals surface area contributed by atoms with Crippen molar-refractivity contribution in [1.82, 2.24) is 5.32 Å². The Balaban J connectivity index is 2.75. The molecule has 0 atom stereocenters. The highest BCUT2D eigenvalue weighted by molar-refractivity contribution is 4.73. The predicted octanol–water partition coefficient (Wildman–Crippen LogP) is 1.15. The van der Waals surface area contributed by atoms with Crippen LogP contribution in [0.15, 0.2) is 12.3 Å². The number of hydrogen-bond donors (Lipinski definition) is 1. The molecule has 0 aliphatic rings. The SMILES string of the molecule is C/C=C/NCCOCC. The molecule has 0 radical (unpaired) electrons. The molecule has 9 heavy (non-hydrogen) atoms. The number of allylic oxidation sites excluding steroid dienone is 1. The Labute approximate surface area is 56.9 Å². The van der Waals surface area contributed by atoms with Gasteiger partial charge < -0.3 is 10.1 Å². The highest BCUT2D eigenvalue weighted by atomic mass is 16.5. The van der Waals surface area contributed by atoms with Crippen molar-refractivity contribution < 1.29 is 4.74 Å². The number of rotatable bonds is 5. The summed E-state index contributed by atoms with van der Waals surface area (Å²) in [5.74, 6) is 0. The van der Waals surface area contributed by atoms with Crippen molar-refractivity contribution in [2.45, 2.75) is 13.8 Å². The molecule has 1 N–H and O–H groups in total. The van der Waals surface area contributed by atoms with E-state index in [2.05, 4.69) is 5.32 Å². The third-order valence-corrected chi connectivity index (χ3v) is 0.879. The van der Waals surface area contributed by atoms with Crippen molar-refractivity contribution in [3.63, 3.8) is 0 Å². The maximum atomic E-state index is 5.08. The Hall–Kier alpha value is -0.500. The van der Waals surface area contributed by atoms with Gasteiger partial charge in [0.1, 0.15) is 0 Å². The van der Waals surface area contributed by atoms with Crippen molar-refractivity contribution in [3.8, 4) is 0 Å². The molecule has 0 saturated carbocycles. The largest absolute Gasteiger partial charge is 0.389 e. The molecular formula is C7H15NO. The van der Waals surface area contributed by atoms with Crippen molar-refractivity contribution in [3.05, 3.63) is 12.3 Å². The van der Waals surface area contributed by atoms with Crippen LogP contribution in [0.4, 0.5) is 0 Å². The van der Waals surface area contributed by atoms with Crippen molar-refractivity contribution >= 4 is 0 Å². The van der Waals surface area contributed by atoms with E-state index in [9.17, 15) is 0 Å². The molecule has 0 aromatic rings. The molecule has 54 valence electrons.